The quantitative estimate of drug-likeness (QED) is 0.844. The summed E-state index contributed by atoms with van der Waals surface area (Å²) in [5.41, 5.74) is 2.21. The normalized spacial score (nSPS) is 44.1. The summed E-state index contributed by atoms with van der Waals surface area (Å²) >= 11 is 0. The molecule has 4 aliphatic carbocycles. The van der Waals surface area contributed by atoms with Crippen LogP contribution in [0.4, 0.5) is 0 Å². The molecule has 3 heteroatoms. The summed E-state index contributed by atoms with van der Waals surface area (Å²) in [6.07, 6.45) is 10.1. The number of hydrogen-bond acceptors (Lipinski definition) is 3. The first-order valence-corrected chi connectivity index (χ1v) is 9.52. The summed E-state index contributed by atoms with van der Waals surface area (Å²) < 4.78 is 0. The van der Waals surface area contributed by atoms with Crippen molar-refractivity contribution in [3.05, 3.63) is 23.3 Å². The Labute approximate surface area is 144 Å². The fourth-order valence-electron chi connectivity index (χ4n) is 6.66. The Morgan fingerprint density at radius 3 is 2.79 bits per heavy atom. The molecule has 0 aromatic rings. The van der Waals surface area contributed by atoms with Gasteiger partial charge in [0.2, 0.25) is 0 Å². The molecule has 0 aliphatic heterocycles. The molecule has 1 N–H and O–H groups in total. The maximum absolute atomic E-state index is 12.1. The van der Waals surface area contributed by atoms with Crippen molar-refractivity contribution in [1.82, 2.24) is 0 Å². The van der Waals surface area contributed by atoms with E-state index in [0.717, 1.165) is 43.3 Å². The van der Waals surface area contributed by atoms with E-state index in [1.165, 1.54) is 0 Å². The molecule has 0 aromatic heterocycles. The van der Waals surface area contributed by atoms with E-state index in [4.69, 9.17) is 0 Å². The average molecular weight is 328 g/mol. The smallest absolute Gasteiger partial charge is 0.156 e. The molecule has 0 radical (unpaired) electrons. The SMILES string of the molecule is CC(=O)[C@H]1CC[C@H]2[C@@H]3C=C(CO)C4=CC(=O)CC[C@@H]4[C@H]3CC[C@]12C. The average Bonchev–Trinajstić information content (AvgIpc) is 2.91. The standard InChI is InChI=1S/C21H28O3/c1-12(23)19-5-6-20-18-9-13(11-22)17-10-14(24)3-4-15(17)16(18)7-8-21(19,20)2/h9-10,15-16,18-20,22H,3-8,11H2,1-2H3/t15-,16-,18-,19-,20+,21-/m1/s1. The summed E-state index contributed by atoms with van der Waals surface area (Å²) in [4.78, 5) is 24.0. The number of allylic oxidation sites excluding steroid dienone is 2. The molecular formula is C21H28O3. The molecule has 4 aliphatic rings. The van der Waals surface area contributed by atoms with Gasteiger partial charge in [0, 0.05) is 12.3 Å². The Bertz CT molecular complexity index is 643. The maximum atomic E-state index is 12.1. The summed E-state index contributed by atoms with van der Waals surface area (Å²) in [7, 11) is 0. The highest BCUT2D eigenvalue weighted by Crippen LogP contribution is 2.63. The van der Waals surface area contributed by atoms with Crippen LogP contribution in [-0.4, -0.2) is 23.3 Å². The fraction of sp³-hybridized carbons (Fsp3) is 0.714. The van der Waals surface area contributed by atoms with Gasteiger partial charge in [0.05, 0.1) is 6.61 Å². The van der Waals surface area contributed by atoms with Crippen LogP contribution in [0.5, 0.6) is 0 Å². The monoisotopic (exact) mass is 328 g/mol. The van der Waals surface area contributed by atoms with Gasteiger partial charge in [-0.2, -0.15) is 0 Å². The molecule has 2 saturated carbocycles. The van der Waals surface area contributed by atoms with Crippen molar-refractivity contribution in [2.75, 3.05) is 6.61 Å². The van der Waals surface area contributed by atoms with Crippen LogP contribution >= 0.6 is 0 Å². The van der Waals surface area contributed by atoms with E-state index < -0.39 is 0 Å². The van der Waals surface area contributed by atoms with Crippen molar-refractivity contribution in [2.45, 2.75) is 52.4 Å². The van der Waals surface area contributed by atoms with Crippen molar-refractivity contribution in [3.8, 4) is 0 Å². The number of carbonyl (C=O) groups is 2. The Kier molecular flexibility index (Phi) is 3.83. The maximum Gasteiger partial charge on any atom is 0.156 e. The van der Waals surface area contributed by atoms with Crippen LogP contribution < -0.4 is 0 Å². The summed E-state index contributed by atoms with van der Waals surface area (Å²) in [5.74, 6) is 2.79. The topological polar surface area (TPSA) is 54.4 Å². The minimum Gasteiger partial charge on any atom is -0.392 e. The first-order valence-electron chi connectivity index (χ1n) is 9.52. The predicted molar refractivity (Wildman–Crippen MR) is 92.2 cm³/mol. The van der Waals surface area contributed by atoms with Crippen LogP contribution in [0.25, 0.3) is 0 Å². The Balaban J connectivity index is 1.74. The van der Waals surface area contributed by atoms with Crippen molar-refractivity contribution in [3.63, 3.8) is 0 Å². The third-order valence-corrected chi connectivity index (χ3v) is 7.74. The van der Waals surface area contributed by atoms with Gasteiger partial charge in [0.1, 0.15) is 5.78 Å². The van der Waals surface area contributed by atoms with Gasteiger partial charge in [-0.05, 0) is 85.3 Å². The zero-order valence-electron chi connectivity index (χ0n) is 14.8. The largest absolute Gasteiger partial charge is 0.392 e. The van der Waals surface area contributed by atoms with E-state index in [-0.39, 0.29) is 23.7 Å². The van der Waals surface area contributed by atoms with Crippen LogP contribution in [0.15, 0.2) is 23.3 Å². The zero-order chi connectivity index (χ0) is 17.1. The number of aliphatic hydroxyl groups excluding tert-OH is 1. The molecule has 24 heavy (non-hydrogen) atoms. The van der Waals surface area contributed by atoms with Crippen molar-refractivity contribution >= 4 is 11.6 Å². The van der Waals surface area contributed by atoms with Crippen LogP contribution in [0.1, 0.15) is 52.4 Å². The first-order chi connectivity index (χ1) is 11.5. The Hall–Kier alpha value is -1.22. The minimum atomic E-state index is 0.0262. The molecule has 0 aromatic carbocycles. The third-order valence-electron chi connectivity index (χ3n) is 7.74. The molecule has 2 fully saturated rings. The minimum absolute atomic E-state index is 0.0262. The lowest BCUT2D eigenvalue weighted by Crippen LogP contribution is -2.46. The number of aliphatic hydroxyl groups is 1. The van der Waals surface area contributed by atoms with Gasteiger partial charge < -0.3 is 5.11 Å². The van der Waals surface area contributed by atoms with E-state index in [1.54, 1.807) is 13.0 Å². The second kappa shape index (κ2) is 5.66. The summed E-state index contributed by atoms with van der Waals surface area (Å²) in [6, 6.07) is 0. The van der Waals surface area contributed by atoms with Gasteiger partial charge in [-0.1, -0.05) is 13.0 Å². The van der Waals surface area contributed by atoms with Gasteiger partial charge >= 0.3 is 0 Å². The molecule has 0 unspecified atom stereocenters. The van der Waals surface area contributed by atoms with Crippen molar-refractivity contribution in [2.24, 2.45) is 35.0 Å². The molecule has 0 bridgehead atoms. The zero-order valence-corrected chi connectivity index (χ0v) is 14.8. The molecule has 0 spiro atoms. The van der Waals surface area contributed by atoms with Crippen molar-refractivity contribution in [1.29, 1.82) is 0 Å². The predicted octanol–water partition coefficient (Wildman–Crippen LogP) is 3.47. The van der Waals surface area contributed by atoms with E-state index in [0.29, 0.717) is 35.9 Å². The molecule has 0 heterocycles. The number of ketones is 2. The molecule has 4 rings (SSSR count). The van der Waals surface area contributed by atoms with E-state index in [2.05, 4.69) is 13.0 Å². The lowest BCUT2D eigenvalue weighted by atomic mass is 9.52. The van der Waals surface area contributed by atoms with Crippen LogP contribution in [0, 0.1) is 35.0 Å². The lowest BCUT2D eigenvalue weighted by Gasteiger charge is -2.52. The van der Waals surface area contributed by atoms with Gasteiger partial charge in [-0.25, -0.2) is 0 Å². The Morgan fingerprint density at radius 1 is 1.29 bits per heavy atom. The van der Waals surface area contributed by atoms with E-state index >= 15 is 0 Å². The van der Waals surface area contributed by atoms with Gasteiger partial charge in [-0.3, -0.25) is 9.59 Å². The highest BCUT2D eigenvalue weighted by atomic mass is 16.3. The number of fused-ring (bicyclic) bond motifs is 5. The lowest BCUT2D eigenvalue weighted by molar-refractivity contribution is -0.126. The molecule has 0 saturated heterocycles. The van der Waals surface area contributed by atoms with Crippen LogP contribution in [0.3, 0.4) is 0 Å². The third kappa shape index (κ3) is 2.20. The summed E-state index contributed by atoms with van der Waals surface area (Å²) in [5, 5.41) is 9.88. The molecular weight excluding hydrogens is 300 g/mol. The van der Waals surface area contributed by atoms with E-state index in [1.807, 2.05) is 0 Å². The van der Waals surface area contributed by atoms with Gasteiger partial charge in [0.15, 0.2) is 5.78 Å². The second-order valence-corrected chi connectivity index (χ2v) is 8.69. The molecule has 6 atom stereocenters. The number of rotatable bonds is 2. The van der Waals surface area contributed by atoms with E-state index in [9.17, 15) is 14.7 Å². The highest BCUT2D eigenvalue weighted by molar-refractivity contribution is 5.92. The highest BCUT2D eigenvalue weighted by Gasteiger charge is 2.56. The fourth-order valence-corrected chi connectivity index (χ4v) is 6.66. The number of carbonyl (C=O) groups excluding carboxylic acids is 2. The van der Waals surface area contributed by atoms with Gasteiger partial charge in [-0.15, -0.1) is 0 Å². The van der Waals surface area contributed by atoms with Gasteiger partial charge in [0.25, 0.3) is 0 Å². The number of Topliss-reactive ketones (excluding diaryl/α,β-unsaturated/α-hetero) is 1. The molecule has 130 valence electrons. The first kappa shape index (κ1) is 16.3. The molecule has 0 amide bonds. The summed E-state index contributed by atoms with van der Waals surface area (Å²) in [6.45, 7) is 4.11. The van der Waals surface area contributed by atoms with Crippen LogP contribution in [-0.2, 0) is 9.59 Å². The van der Waals surface area contributed by atoms with Crippen LogP contribution in [0.2, 0.25) is 0 Å². The van der Waals surface area contributed by atoms with Crippen molar-refractivity contribution < 1.29 is 14.7 Å². The second-order valence-electron chi connectivity index (χ2n) is 8.69. The molecule has 3 nitrogen and oxygen atoms in total. The Morgan fingerprint density at radius 2 is 2.08 bits per heavy atom. The number of hydrogen-bond donors (Lipinski definition) is 1.